The summed E-state index contributed by atoms with van der Waals surface area (Å²) in [6.45, 7) is 5.73. The summed E-state index contributed by atoms with van der Waals surface area (Å²) in [4.78, 5) is 14.2. The molecule has 1 aromatic heterocycles. The van der Waals surface area contributed by atoms with Crippen LogP contribution in [0.1, 0.15) is 52.0 Å². The van der Waals surface area contributed by atoms with E-state index in [1.807, 2.05) is 25.3 Å². The van der Waals surface area contributed by atoms with Crippen LogP contribution in [0.3, 0.4) is 0 Å². The molecular formula is C22H36N2O3. The van der Waals surface area contributed by atoms with Crippen LogP contribution in [0.15, 0.2) is 24.4 Å². The number of ether oxygens (including phenoxy) is 2. The van der Waals surface area contributed by atoms with Gasteiger partial charge in [0.2, 0.25) is 0 Å². The van der Waals surface area contributed by atoms with E-state index in [9.17, 15) is 4.79 Å². The van der Waals surface area contributed by atoms with Gasteiger partial charge in [-0.3, -0.25) is 4.79 Å². The summed E-state index contributed by atoms with van der Waals surface area (Å²) in [5.41, 5.74) is 2.40. The first-order chi connectivity index (χ1) is 12.6. The van der Waals surface area contributed by atoms with Crippen LogP contribution < -0.4 is 10.1 Å². The van der Waals surface area contributed by atoms with Crippen LogP contribution in [0.2, 0.25) is 0 Å². The number of benzene rings is 1. The molecule has 0 atom stereocenters. The summed E-state index contributed by atoms with van der Waals surface area (Å²) in [6.07, 6.45) is 8.72. The lowest BCUT2D eigenvalue weighted by Gasteiger charge is -2.21. The molecule has 1 aromatic carbocycles. The standard InChI is InChI=1S/C11H21NO2.C10H11NO.CH4/c1-2-14-11(13)9-12-8-10-6-4-3-5-7-10;1-7-6-11-10-5-8(12-2)3-4-9(7)10;/h10,12H,2-9H2,1H3;3-6,11H,1-2H3;1H4. The monoisotopic (exact) mass is 376 g/mol. The van der Waals surface area contributed by atoms with E-state index in [0.29, 0.717) is 13.2 Å². The number of esters is 1. The number of hydrogen-bond acceptors (Lipinski definition) is 4. The average Bonchev–Trinajstić information content (AvgIpc) is 3.04. The van der Waals surface area contributed by atoms with Crippen LogP contribution in [-0.2, 0) is 9.53 Å². The maximum Gasteiger partial charge on any atom is 0.319 e. The van der Waals surface area contributed by atoms with Gasteiger partial charge in [-0.25, -0.2) is 0 Å². The molecular weight excluding hydrogens is 340 g/mol. The van der Waals surface area contributed by atoms with Gasteiger partial charge in [0, 0.05) is 23.2 Å². The van der Waals surface area contributed by atoms with Gasteiger partial charge in [0.15, 0.2) is 0 Å². The van der Waals surface area contributed by atoms with Crippen LogP contribution in [0.4, 0.5) is 0 Å². The van der Waals surface area contributed by atoms with Crippen LogP contribution >= 0.6 is 0 Å². The van der Waals surface area contributed by atoms with E-state index >= 15 is 0 Å². The number of methoxy groups -OCH3 is 1. The fourth-order valence-corrected chi connectivity index (χ4v) is 3.36. The number of aryl methyl sites for hydroxylation is 1. The number of aromatic nitrogens is 1. The van der Waals surface area contributed by atoms with Crippen LogP contribution in [0.25, 0.3) is 10.9 Å². The first-order valence-electron chi connectivity index (χ1n) is 9.62. The molecule has 0 aliphatic heterocycles. The Balaban J connectivity index is 0.000000262. The predicted octanol–water partition coefficient (Wildman–Crippen LogP) is 4.84. The molecule has 5 heteroatoms. The zero-order chi connectivity index (χ0) is 18.8. The summed E-state index contributed by atoms with van der Waals surface area (Å²) < 4.78 is 9.94. The minimum Gasteiger partial charge on any atom is -0.497 e. The second kappa shape index (κ2) is 12.4. The Morgan fingerprint density at radius 3 is 2.67 bits per heavy atom. The minimum atomic E-state index is -0.136. The zero-order valence-electron chi connectivity index (χ0n) is 16.3. The third-order valence-corrected chi connectivity index (χ3v) is 4.83. The molecule has 0 saturated heterocycles. The molecule has 0 amide bonds. The van der Waals surface area contributed by atoms with Crippen molar-refractivity contribution in [2.45, 2.75) is 53.4 Å². The molecule has 2 N–H and O–H groups in total. The molecule has 152 valence electrons. The highest BCUT2D eigenvalue weighted by atomic mass is 16.5. The topological polar surface area (TPSA) is 63.4 Å². The van der Waals surface area contributed by atoms with Gasteiger partial charge in [-0.2, -0.15) is 0 Å². The summed E-state index contributed by atoms with van der Waals surface area (Å²) in [6, 6.07) is 6.05. The highest BCUT2D eigenvalue weighted by Gasteiger charge is 2.13. The Morgan fingerprint density at radius 2 is 2.00 bits per heavy atom. The van der Waals surface area contributed by atoms with Gasteiger partial charge in [0.05, 0.1) is 20.3 Å². The van der Waals surface area contributed by atoms with Crippen molar-refractivity contribution in [2.24, 2.45) is 5.92 Å². The van der Waals surface area contributed by atoms with Crippen molar-refractivity contribution in [3.8, 4) is 5.75 Å². The Morgan fingerprint density at radius 1 is 1.26 bits per heavy atom. The number of fused-ring (bicyclic) bond motifs is 1. The van der Waals surface area contributed by atoms with Gasteiger partial charge in [0.1, 0.15) is 5.75 Å². The molecule has 1 saturated carbocycles. The van der Waals surface area contributed by atoms with E-state index in [0.717, 1.165) is 23.7 Å². The summed E-state index contributed by atoms with van der Waals surface area (Å²) in [5, 5.41) is 4.43. The second-order valence-corrected chi connectivity index (χ2v) is 6.82. The molecule has 5 nitrogen and oxygen atoms in total. The Kier molecular flexibility index (Phi) is 10.6. The number of H-pyrrole nitrogens is 1. The molecule has 1 aliphatic carbocycles. The molecule has 1 fully saturated rings. The van der Waals surface area contributed by atoms with Crippen molar-refractivity contribution in [1.29, 1.82) is 0 Å². The van der Waals surface area contributed by atoms with E-state index in [1.165, 1.54) is 43.1 Å². The fraction of sp³-hybridized carbons (Fsp3) is 0.591. The van der Waals surface area contributed by atoms with Crippen molar-refractivity contribution in [3.63, 3.8) is 0 Å². The zero-order valence-corrected chi connectivity index (χ0v) is 16.3. The van der Waals surface area contributed by atoms with Crippen molar-refractivity contribution in [2.75, 3.05) is 26.8 Å². The van der Waals surface area contributed by atoms with Crippen molar-refractivity contribution in [3.05, 3.63) is 30.0 Å². The van der Waals surface area contributed by atoms with E-state index in [1.54, 1.807) is 7.11 Å². The fourth-order valence-electron chi connectivity index (χ4n) is 3.36. The Hall–Kier alpha value is -2.01. The van der Waals surface area contributed by atoms with Crippen LogP contribution in [-0.4, -0.2) is 37.8 Å². The third-order valence-electron chi connectivity index (χ3n) is 4.83. The van der Waals surface area contributed by atoms with Gasteiger partial charge >= 0.3 is 5.97 Å². The number of nitrogens with one attached hydrogen (secondary N) is 2. The highest BCUT2D eigenvalue weighted by molar-refractivity contribution is 5.84. The van der Waals surface area contributed by atoms with Crippen LogP contribution in [0, 0.1) is 12.8 Å². The molecule has 2 aromatic rings. The number of hydrogen-bond donors (Lipinski definition) is 2. The lowest BCUT2D eigenvalue weighted by Crippen LogP contribution is -2.30. The maximum absolute atomic E-state index is 11.0. The number of carbonyl (C=O) groups is 1. The lowest BCUT2D eigenvalue weighted by atomic mass is 9.89. The van der Waals surface area contributed by atoms with Gasteiger partial charge < -0.3 is 19.8 Å². The van der Waals surface area contributed by atoms with E-state index in [4.69, 9.17) is 9.47 Å². The smallest absolute Gasteiger partial charge is 0.319 e. The molecule has 1 heterocycles. The van der Waals surface area contributed by atoms with Crippen molar-refractivity contribution in [1.82, 2.24) is 10.3 Å². The van der Waals surface area contributed by atoms with Gasteiger partial charge in [0.25, 0.3) is 0 Å². The quantitative estimate of drug-likeness (QED) is 0.708. The van der Waals surface area contributed by atoms with Gasteiger partial charge in [-0.05, 0) is 56.8 Å². The molecule has 3 rings (SSSR count). The first-order valence-corrected chi connectivity index (χ1v) is 9.62. The van der Waals surface area contributed by atoms with Crippen molar-refractivity contribution < 1.29 is 14.3 Å². The minimum absolute atomic E-state index is 0. The number of rotatable bonds is 6. The summed E-state index contributed by atoms with van der Waals surface area (Å²) in [5.74, 6) is 1.53. The first kappa shape index (κ1) is 23.0. The molecule has 0 radical (unpaired) electrons. The highest BCUT2D eigenvalue weighted by Crippen LogP contribution is 2.23. The largest absolute Gasteiger partial charge is 0.497 e. The molecule has 0 bridgehead atoms. The number of carbonyl (C=O) groups excluding carboxylic acids is 1. The Bertz CT molecular complexity index is 675. The van der Waals surface area contributed by atoms with Crippen LogP contribution in [0.5, 0.6) is 5.75 Å². The van der Waals surface area contributed by atoms with Crippen molar-refractivity contribution >= 4 is 16.9 Å². The normalized spacial score (nSPS) is 14.0. The maximum atomic E-state index is 11.0. The lowest BCUT2D eigenvalue weighted by molar-refractivity contribution is -0.142. The van der Waals surface area contributed by atoms with E-state index in [2.05, 4.69) is 23.3 Å². The predicted molar refractivity (Wildman–Crippen MR) is 112 cm³/mol. The average molecular weight is 377 g/mol. The summed E-state index contributed by atoms with van der Waals surface area (Å²) >= 11 is 0. The SMILES string of the molecule is C.CCOC(=O)CNCC1CCCCC1.COc1ccc2c(C)c[nH]c2c1. The summed E-state index contributed by atoms with van der Waals surface area (Å²) in [7, 11) is 1.68. The molecule has 0 unspecified atom stereocenters. The molecule has 27 heavy (non-hydrogen) atoms. The molecule has 1 aliphatic rings. The number of aromatic amines is 1. The van der Waals surface area contributed by atoms with E-state index in [-0.39, 0.29) is 13.4 Å². The van der Waals surface area contributed by atoms with Gasteiger partial charge in [-0.1, -0.05) is 26.7 Å². The molecule has 0 spiro atoms. The van der Waals surface area contributed by atoms with E-state index < -0.39 is 0 Å². The second-order valence-electron chi connectivity index (χ2n) is 6.82. The Labute approximate surface area is 163 Å². The third kappa shape index (κ3) is 7.63. The van der Waals surface area contributed by atoms with Gasteiger partial charge in [-0.15, -0.1) is 0 Å².